The molecule has 0 spiro atoms. The van der Waals surface area contributed by atoms with Crippen LogP contribution in [0.4, 0.5) is 0 Å². The van der Waals surface area contributed by atoms with E-state index >= 15 is 0 Å². The Morgan fingerprint density at radius 3 is 2.60 bits per heavy atom. The number of hydrogen-bond acceptors (Lipinski definition) is 2. The van der Waals surface area contributed by atoms with E-state index < -0.39 is 0 Å². The Labute approximate surface area is 104 Å². The molecule has 2 rings (SSSR count). The third-order valence-electron chi connectivity index (χ3n) is 3.35. The molecule has 0 heterocycles. The van der Waals surface area contributed by atoms with Crippen LogP contribution in [0, 0.1) is 0 Å². The van der Waals surface area contributed by atoms with Crippen molar-refractivity contribution in [2.75, 3.05) is 6.26 Å². The van der Waals surface area contributed by atoms with Crippen molar-refractivity contribution in [2.24, 2.45) is 5.73 Å². The summed E-state index contributed by atoms with van der Waals surface area (Å²) in [6.07, 6.45) is 4.57. The Balaban J connectivity index is 2.51. The van der Waals surface area contributed by atoms with E-state index in [0.29, 0.717) is 0 Å². The van der Waals surface area contributed by atoms with E-state index in [9.17, 15) is 0 Å². The second-order valence-corrected chi connectivity index (χ2v) is 5.96. The molecule has 0 saturated heterocycles. The highest BCUT2D eigenvalue weighted by atomic mass is 79.9. The van der Waals surface area contributed by atoms with Crippen molar-refractivity contribution < 1.29 is 0 Å². The van der Waals surface area contributed by atoms with E-state index in [1.165, 1.54) is 27.8 Å². The minimum absolute atomic E-state index is 0.235. The van der Waals surface area contributed by atoms with Crippen molar-refractivity contribution in [1.82, 2.24) is 0 Å². The van der Waals surface area contributed by atoms with Gasteiger partial charge in [0.25, 0.3) is 0 Å². The van der Waals surface area contributed by atoms with Gasteiger partial charge < -0.3 is 5.73 Å². The van der Waals surface area contributed by atoms with E-state index in [1.807, 2.05) is 11.8 Å². The first-order chi connectivity index (χ1) is 7.12. The third kappa shape index (κ3) is 1.85. The molecule has 1 aliphatic rings. The number of rotatable bonds is 3. The normalized spacial score (nSPS) is 20.0. The van der Waals surface area contributed by atoms with Gasteiger partial charge in [0.05, 0.1) is 0 Å². The van der Waals surface area contributed by atoms with Crippen LogP contribution in [0.3, 0.4) is 0 Å². The average Bonchev–Trinajstić information content (AvgIpc) is 2.98. The first-order valence-corrected chi connectivity index (χ1v) is 7.22. The summed E-state index contributed by atoms with van der Waals surface area (Å²) < 4.78 is 1.21. The van der Waals surface area contributed by atoms with Crippen LogP contribution < -0.4 is 5.73 Å². The van der Waals surface area contributed by atoms with Crippen LogP contribution in [0.5, 0.6) is 0 Å². The lowest BCUT2D eigenvalue weighted by atomic mass is 9.89. The van der Waals surface area contributed by atoms with E-state index in [4.69, 9.17) is 5.73 Å². The Bertz CT molecular complexity index is 372. The van der Waals surface area contributed by atoms with Crippen LogP contribution in [0.15, 0.2) is 27.6 Å². The second-order valence-electron chi connectivity index (χ2n) is 4.26. The Morgan fingerprint density at radius 1 is 1.47 bits per heavy atom. The van der Waals surface area contributed by atoms with Gasteiger partial charge in [-0.1, -0.05) is 22.0 Å². The molecule has 2 N–H and O–H groups in total. The van der Waals surface area contributed by atoms with Gasteiger partial charge in [-0.05, 0) is 43.7 Å². The molecule has 82 valence electrons. The third-order valence-corrected chi connectivity index (χ3v) is 4.79. The summed E-state index contributed by atoms with van der Waals surface area (Å²) in [6.45, 7) is 2.12. The van der Waals surface area contributed by atoms with Crippen LogP contribution in [0.2, 0.25) is 0 Å². The fourth-order valence-corrected chi connectivity index (χ4v) is 3.85. The number of benzene rings is 1. The molecule has 0 amide bonds. The molecular weight excluding hydrogens is 270 g/mol. The van der Waals surface area contributed by atoms with Crippen LogP contribution >= 0.6 is 27.7 Å². The van der Waals surface area contributed by atoms with E-state index in [-0.39, 0.29) is 11.5 Å². The summed E-state index contributed by atoms with van der Waals surface area (Å²) in [5.74, 6) is 0. The van der Waals surface area contributed by atoms with Crippen LogP contribution in [0.25, 0.3) is 0 Å². The van der Waals surface area contributed by atoms with Gasteiger partial charge in [-0.3, -0.25) is 0 Å². The predicted molar refractivity (Wildman–Crippen MR) is 70.5 cm³/mol. The second kappa shape index (κ2) is 4.11. The summed E-state index contributed by atoms with van der Waals surface area (Å²) in [7, 11) is 0. The van der Waals surface area contributed by atoms with Crippen LogP contribution in [0.1, 0.15) is 25.3 Å². The van der Waals surface area contributed by atoms with E-state index in [0.717, 1.165) is 0 Å². The minimum atomic E-state index is 0.235. The molecule has 0 radical (unpaired) electrons. The molecule has 1 aromatic rings. The largest absolute Gasteiger partial charge is 0.327 e. The molecule has 15 heavy (non-hydrogen) atoms. The Morgan fingerprint density at radius 2 is 2.13 bits per heavy atom. The number of nitrogens with two attached hydrogens (primary N) is 1. The lowest BCUT2D eigenvalue weighted by Gasteiger charge is -2.24. The zero-order valence-corrected chi connectivity index (χ0v) is 11.5. The van der Waals surface area contributed by atoms with Crippen molar-refractivity contribution in [1.29, 1.82) is 0 Å². The quantitative estimate of drug-likeness (QED) is 0.860. The molecule has 1 aromatic carbocycles. The van der Waals surface area contributed by atoms with Gasteiger partial charge in [-0.25, -0.2) is 0 Å². The fourth-order valence-electron chi connectivity index (χ4n) is 2.23. The van der Waals surface area contributed by atoms with Crippen molar-refractivity contribution in [3.63, 3.8) is 0 Å². The Kier molecular flexibility index (Phi) is 3.15. The zero-order chi connectivity index (χ0) is 11.1. The number of halogens is 1. The fraction of sp³-hybridized carbons (Fsp3) is 0.500. The molecule has 3 heteroatoms. The molecule has 0 bridgehead atoms. The zero-order valence-electron chi connectivity index (χ0n) is 9.09. The monoisotopic (exact) mass is 285 g/mol. The van der Waals surface area contributed by atoms with Crippen molar-refractivity contribution in [3.05, 3.63) is 28.2 Å². The van der Waals surface area contributed by atoms with Gasteiger partial charge in [-0.15, -0.1) is 11.8 Å². The van der Waals surface area contributed by atoms with Crippen LogP contribution in [-0.4, -0.2) is 12.3 Å². The molecule has 1 aliphatic carbocycles. The summed E-state index contributed by atoms with van der Waals surface area (Å²) in [6, 6.07) is 6.64. The van der Waals surface area contributed by atoms with Crippen molar-refractivity contribution in [2.45, 2.75) is 36.1 Å². The maximum Gasteiger partial charge on any atom is 0.0224 e. The van der Waals surface area contributed by atoms with Gasteiger partial charge in [0.15, 0.2) is 0 Å². The van der Waals surface area contributed by atoms with Crippen molar-refractivity contribution in [3.8, 4) is 0 Å². The van der Waals surface area contributed by atoms with Crippen LogP contribution in [-0.2, 0) is 5.41 Å². The topological polar surface area (TPSA) is 26.0 Å². The first-order valence-electron chi connectivity index (χ1n) is 5.20. The molecule has 0 aromatic heterocycles. The maximum atomic E-state index is 6.13. The highest BCUT2D eigenvalue weighted by molar-refractivity contribution is 9.10. The molecule has 1 atom stereocenters. The smallest absolute Gasteiger partial charge is 0.0224 e. The Hall–Kier alpha value is 0.01000. The lowest BCUT2D eigenvalue weighted by Crippen LogP contribution is -2.32. The first kappa shape index (κ1) is 11.5. The minimum Gasteiger partial charge on any atom is -0.327 e. The summed E-state index contributed by atoms with van der Waals surface area (Å²) in [5.41, 5.74) is 7.79. The summed E-state index contributed by atoms with van der Waals surface area (Å²) in [4.78, 5) is 1.36. The summed E-state index contributed by atoms with van der Waals surface area (Å²) >= 11 is 5.47. The highest BCUT2D eigenvalue weighted by Crippen LogP contribution is 2.54. The number of thioether (sulfide) groups is 1. The molecule has 1 nitrogen and oxygen atoms in total. The molecule has 1 unspecified atom stereocenters. The van der Waals surface area contributed by atoms with E-state index in [1.54, 1.807) is 0 Å². The van der Waals surface area contributed by atoms with Gasteiger partial charge in [-0.2, -0.15) is 0 Å². The SMILES string of the molecule is CSc1cccc(Br)c1C1(C(C)N)CC1. The maximum absolute atomic E-state index is 6.13. The van der Waals surface area contributed by atoms with Gasteiger partial charge in [0.1, 0.15) is 0 Å². The predicted octanol–water partition coefficient (Wildman–Crippen LogP) is 3.55. The lowest BCUT2D eigenvalue weighted by molar-refractivity contribution is 0.546. The van der Waals surface area contributed by atoms with E-state index in [2.05, 4.69) is 47.3 Å². The van der Waals surface area contributed by atoms with Gasteiger partial charge in [0.2, 0.25) is 0 Å². The standard InChI is InChI=1S/C12H16BrNS/c1-8(14)12(6-7-12)11-9(13)4-3-5-10(11)15-2/h3-5,8H,6-7,14H2,1-2H3. The number of hydrogen-bond donors (Lipinski definition) is 1. The summed E-state index contributed by atoms with van der Waals surface area (Å²) in [5, 5.41) is 0. The molecule has 1 fully saturated rings. The van der Waals surface area contributed by atoms with Gasteiger partial charge in [0, 0.05) is 20.8 Å². The highest BCUT2D eigenvalue weighted by Gasteiger charge is 2.49. The van der Waals surface area contributed by atoms with Crippen molar-refractivity contribution >= 4 is 27.7 Å². The molecular formula is C12H16BrNS. The average molecular weight is 286 g/mol. The molecule has 1 saturated carbocycles. The van der Waals surface area contributed by atoms with Gasteiger partial charge >= 0.3 is 0 Å². The molecule has 0 aliphatic heterocycles.